The van der Waals surface area contributed by atoms with E-state index in [1.165, 1.54) is 5.56 Å². The largest absolute Gasteiger partial charge is 0.493 e. The molecular formula is C20H26BrNO3. The summed E-state index contributed by atoms with van der Waals surface area (Å²) >= 11 is 3.59. The van der Waals surface area contributed by atoms with Crippen LogP contribution in [0.2, 0.25) is 0 Å². The predicted molar refractivity (Wildman–Crippen MR) is 104 cm³/mol. The smallest absolute Gasteiger partial charge is 0.175 e. The quantitative estimate of drug-likeness (QED) is 0.653. The molecule has 1 atom stereocenters. The Morgan fingerprint density at radius 2 is 2.00 bits per heavy atom. The molecule has 0 saturated heterocycles. The molecule has 2 aromatic carbocycles. The van der Waals surface area contributed by atoms with Crippen molar-refractivity contribution in [2.75, 3.05) is 13.7 Å². The molecule has 2 rings (SSSR count). The number of halogens is 1. The van der Waals surface area contributed by atoms with Gasteiger partial charge in [0.1, 0.15) is 6.61 Å². The van der Waals surface area contributed by atoms with E-state index in [9.17, 15) is 5.11 Å². The minimum absolute atomic E-state index is 0.0988. The van der Waals surface area contributed by atoms with Crippen LogP contribution < -0.4 is 14.8 Å². The van der Waals surface area contributed by atoms with Gasteiger partial charge in [0.15, 0.2) is 11.5 Å². The van der Waals surface area contributed by atoms with E-state index in [-0.39, 0.29) is 12.6 Å². The van der Waals surface area contributed by atoms with Gasteiger partial charge in [-0.15, -0.1) is 0 Å². The Kier molecular flexibility index (Phi) is 7.75. The second kappa shape index (κ2) is 9.80. The van der Waals surface area contributed by atoms with Crippen LogP contribution in [-0.4, -0.2) is 24.9 Å². The molecule has 0 amide bonds. The molecule has 2 aromatic rings. The lowest BCUT2D eigenvalue weighted by atomic mass is 10.1. The maximum Gasteiger partial charge on any atom is 0.175 e. The molecule has 0 radical (unpaired) electrons. The van der Waals surface area contributed by atoms with Gasteiger partial charge >= 0.3 is 0 Å². The summed E-state index contributed by atoms with van der Waals surface area (Å²) in [6.07, 6.45) is 0.881. The molecular weight excluding hydrogens is 382 g/mol. The molecule has 4 nitrogen and oxygen atoms in total. The fourth-order valence-electron chi connectivity index (χ4n) is 2.54. The Morgan fingerprint density at radius 3 is 2.64 bits per heavy atom. The number of ether oxygens (including phenoxy) is 2. The van der Waals surface area contributed by atoms with Crippen molar-refractivity contribution in [2.24, 2.45) is 0 Å². The molecule has 0 unspecified atom stereocenters. The maximum absolute atomic E-state index is 9.29. The van der Waals surface area contributed by atoms with Crippen molar-refractivity contribution < 1.29 is 14.6 Å². The SMILES string of the molecule is CC[C@H](CO)NCc1cc(Br)c(OCc2ccccc2C)c(OC)c1. The van der Waals surface area contributed by atoms with Gasteiger partial charge in [0.25, 0.3) is 0 Å². The molecule has 0 aliphatic heterocycles. The second-order valence-electron chi connectivity index (χ2n) is 5.99. The first kappa shape index (κ1) is 19.8. The molecule has 5 heteroatoms. The summed E-state index contributed by atoms with van der Waals surface area (Å²) in [6.45, 7) is 5.40. The van der Waals surface area contributed by atoms with Crippen molar-refractivity contribution in [3.63, 3.8) is 0 Å². The lowest BCUT2D eigenvalue weighted by molar-refractivity contribution is 0.238. The number of benzene rings is 2. The molecule has 0 aliphatic carbocycles. The Bertz CT molecular complexity index is 687. The molecule has 25 heavy (non-hydrogen) atoms. The summed E-state index contributed by atoms with van der Waals surface area (Å²) in [5, 5.41) is 12.6. The van der Waals surface area contributed by atoms with Gasteiger partial charge in [0.05, 0.1) is 18.2 Å². The first-order chi connectivity index (χ1) is 12.1. The van der Waals surface area contributed by atoms with Gasteiger partial charge < -0.3 is 19.9 Å². The zero-order valence-electron chi connectivity index (χ0n) is 15.0. The van der Waals surface area contributed by atoms with E-state index in [0.29, 0.717) is 24.7 Å². The van der Waals surface area contributed by atoms with Crippen molar-refractivity contribution in [1.82, 2.24) is 5.32 Å². The van der Waals surface area contributed by atoms with Crippen molar-refractivity contribution in [1.29, 1.82) is 0 Å². The predicted octanol–water partition coefficient (Wildman–Crippen LogP) is 4.21. The standard InChI is InChI=1S/C20H26BrNO3/c1-4-17(12-23)22-11-15-9-18(21)20(19(10-15)24-3)25-13-16-8-6-5-7-14(16)2/h5-10,17,22-23H,4,11-13H2,1-3H3/t17-/m1/s1. The molecule has 0 aliphatic rings. The number of aliphatic hydroxyl groups excluding tert-OH is 1. The van der Waals surface area contributed by atoms with Crippen LogP contribution in [0.25, 0.3) is 0 Å². The fourth-order valence-corrected chi connectivity index (χ4v) is 3.14. The van der Waals surface area contributed by atoms with E-state index in [1.807, 2.05) is 31.2 Å². The molecule has 0 bridgehead atoms. The summed E-state index contributed by atoms with van der Waals surface area (Å²) in [5.41, 5.74) is 3.42. The van der Waals surface area contributed by atoms with Gasteiger partial charge in [-0.25, -0.2) is 0 Å². The number of aryl methyl sites for hydroxylation is 1. The fraction of sp³-hybridized carbons (Fsp3) is 0.400. The molecule has 2 N–H and O–H groups in total. The zero-order valence-corrected chi connectivity index (χ0v) is 16.6. The van der Waals surface area contributed by atoms with Gasteiger partial charge in [-0.05, 0) is 58.1 Å². The average molecular weight is 408 g/mol. The highest BCUT2D eigenvalue weighted by Crippen LogP contribution is 2.37. The van der Waals surface area contributed by atoms with Gasteiger partial charge in [-0.3, -0.25) is 0 Å². The van der Waals surface area contributed by atoms with Crippen molar-refractivity contribution in [3.05, 3.63) is 57.6 Å². The third kappa shape index (κ3) is 5.46. The van der Waals surface area contributed by atoms with Crippen molar-refractivity contribution in [2.45, 2.75) is 39.5 Å². The number of hydrogen-bond acceptors (Lipinski definition) is 4. The van der Waals surface area contributed by atoms with Crippen LogP contribution >= 0.6 is 15.9 Å². The molecule has 136 valence electrons. The van der Waals surface area contributed by atoms with Crippen LogP contribution in [0.4, 0.5) is 0 Å². The molecule has 0 spiro atoms. The lowest BCUT2D eigenvalue weighted by Crippen LogP contribution is -2.31. The monoisotopic (exact) mass is 407 g/mol. The van der Waals surface area contributed by atoms with Gasteiger partial charge in [-0.2, -0.15) is 0 Å². The Balaban J connectivity index is 2.12. The first-order valence-electron chi connectivity index (χ1n) is 8.47. The molecule has 0 aromatic heterocycles. The average Bonchev–Trinajstić information content (AvgIpc) is 2.62. The first-order valence-corrected chi connectivity index (χ1v) is 9.26. The van der Waals surface area contributed by atoms with Crippen molar-refractivity contribution in [3.8, 4) is 11.5 Å². The Hall–Kier alpha value is -1.56. The summed E-state index contributed by atoms with van der Waals surface area (Å²) in [6, 6.07) is 12.3. The van der Waals surface area contributed by atoms with E-state index in [0.717, 1.165) is 22.0 Å². The van der Waals surface area contributed by atoms with Gasteiger partial charge in [0, 0.05) is 12.6 Å². The highest BCUT2D eigenvalue weighted by molar-refractivity contribution is 9.10. The third-order valence-electron chi connectivity index (χ3n) is 4.23. The minimum atomic E-state index is 0.0988. The van der Waals surface area contributed by atoms with Gasteiger partial charge in [-0.1, -0.05) is 31.2 Å². The van der Waals surface area contributed by atoms with Crippen LogP contribution in [0.1, 0.15) is 30.0 Å². The maximum atomic E-state index is 9.29. The number of nitrogens with one attached hydrogen (secondary N) is 1. The number of methoxy groups -OCH3 is 1. The van der Waals surface area contributed by atoms with Crippen LogP contribution in [0, 0.1) is 6.92 Å². The van der Waals surface area contributed by atoms with E-state index in [4.69, 9.17) is 9.47 Å². The van der Waals surface area contributed by atoms with Gasteiger partial charge in [0.2, 0.25) is 0 Å². The van der Waals surface area contributed by atoms with E-state index >= 15 is 0 Å². The molecule has 0 saturated carbocycles. The molecule has 0 fully saturated rings. The highest BCUT2D eigenvalue weighted by atomic mass is 79.9. The van der Waals surface area contributed by atoms with Crippen LogP contribution in [0.5, 0.6) is 11.5 Å². The van der Waals surface area contributed by atoms with E-state index in [2.05, 4.69) is 40.3 Å². The van der Waals surface area contributed by atoms with Crippen LogP contribution in [0.15, 0.2) is 40.9 Å². The number of hydrogen-bond donors (Lipinski definition) is 2. The Labute approximate surface area is 158 Å². The summed E-state index contributed by atoms with van der Waals surface area (Å²) < 4.78 is 12.4. The van der Waals surface area contributed by atoms with Crippen molar-refractivity contribution >= 4 is 15.9 Å². The lowest BCUT2D eigenvalue weighted by Gasteiger charge is -2.17. The summed E-state index contributed by atoms with van der Waals surface area (Å²) in [4.78, 5) is 0. The third-order valence-corrected chi connectivity index (χ3v) is 4.82. The summed E-state index contributed by atoms with van der Waals surface area (Å²) in [5.74, 6) is 1.39. The molecule has 0 heterocycles. The highest BCUT2D eigenvalue weighted by Gasteiger charge is 2.13. The normalized spacial score (nSPS) is 12.0. The number of aliphatic hydroxyl groups is 1. The van der Waals surface area contributed by atoms with Crippen LogP contribution in [0.3, 0.4) is 0 Å². The number of rotatable bonds is 9. The summed E-state index contributed by atoms with van der Waals surface area (Å²) in [7, 11) is 1.64. The van der Waals surface area contributed by atoms with E-state index < -0.39 is 0 Å². The van der Waals surface area contributed by atoms with Crippen LogP contribution in [-0.2, 0) is 13.2 Å². The Morgan fingerprint density at radius 1 is 1.24 bits per heavy atom. The topological polar surface area (TPSA) is 50.7 Å². The van der Waals surface area contributed by atoms with E-state index in [1.54, 1.807) is 7.11 Å². The zero-order chi connectivity index (χ0) is 18.2. The minimum Gasteiger partial charge on any atom is -0.493 e. The second-order valence-corrected chi connectivity index (χ2v) is 6.85.